The SMILES string of the molecule is Cc1ccc(NC2=CC(=O)C[C@H](c3ccccc3)C2)cc1C. The molecule has 2 nitrogen and oxygen atoms in total. The summed E-state index contributed by atoms with van der Waals surface area (Å²) in [6.45, 7) is 4.21. The van der Waals surface area contributed by atoms with E-state index in [1.165, 1.54) is 16.7 Å². The van der Waals surface area contributed by atoms with Gasteiger partial charge in [0.15, 0.2) is 5.78 Å². The van der Waals surface area contributed by atoms with Gasteiger partial charge in [-0.2, -0.15) is 0 Å². The molecule has 22 heavy (non-hydrogen) atoms. The Hall–Kier alpha value is -2.35. The van der Waals surface area contributed by atoms with Crippen molar-refractivity contribution in [3.05, 3.63) is 77.0 Å². The zero-order chi connectivity index (χ0) is 15.5. The van der Waals surface area contributed by atoms with Crippen molar-refractivity contribution in [2.45, 2.75) is 32.6 Å². The van der Waals surface area contributed by atoms with Gasteiger partial charge in [0.05, 0.1) is 0 Å². The maximum absolute atomic E-state index is 12.1. The fraction of sp³-hybridized carbons (Fsp3) is 0.250. The highest BCUT2D eigenvalue weighted by Crippen LogP contribution is 2.32. The molecule has 0 bridgehead atoms. The van der Waals surface area contributed by atoms with E-state index in [-0.39, 0.29) is 11.7 Å². The topological polar surface area (TPSA) is 29.1 Å². The quantitative estimate of drug-likeness (QED) is 0.884. The van der Waals surface area contributed by atoms with Crippen LogP contribution >= 0.6 is 0 Å². The molecule has 0 saturated heterocycles. The molecule has 2 aromatic carbocycles. The molecule has 1 N–H and O–H groups in total. The summed E-state index contributed by atoms with van der Waals surface area (Å²) < 4.78 is 0. The molecule has 0 saturated carbocycles. The molecule has 1 aliphatic rings. The minimum Gasteiger partial charge on any atom is -0.359 e. The second kappa shape index (κ2) is 6.18. The third-order valence-electron chi connectivity index (χ3n) is 4.33. The first-order chi connectivity index (χ1) is 10.6. The number of ketones is 1. The zero-order valence-corrected chi connectivity index (χ0v) is 13.1. The number of rotatable bonds is 3. The molecule has 1 atom stereocenters. The number of aryl methyl sites for hydroxylation is 2. The molecule has 0 heterocycles. The molecular weight excluding hydrogens is 270 g/mol. The molecule has 0 unspecified atom stereocenters. The number of anilines is 1. The van der Waals surface area contributed by atoms with E-state index in [9.17, 15) is 4.79 Å². The van der Waals surface area contributed by atoms with E-state index in [4.69, 9.17) is 0 Å². The van der Waals surface area contributed by atoms with Gasteiger partial charge in [0.1, 0.15) is 0 Å². The Balaban J connectivity index is 1.78. The maximum Gasteiger partial charge on any atom is 0.158 e. The Morgan fingerprint density at radius 2 is 1.73 bits per heavy atom. The molecule has 112 valence electrons. The lowest BCUT2D eigenvalue weighted by Gasteiger charge is -2.23. The summed E-state index contributed by atoms with van der Waals surface area (Å²) in [6.07, 6.45) is 3.24. The molecule has 0 spiro atoms. The van der Waals surface area contributed by atoms with E-state index < -0.39 is 0 Å². The fourth-order valence-corrected chi connectivity index (χ4v) is 2.95. The van der Waals surface area contributed by atoms with Crippen LogP contribution in [0.2, 0.25) is 0 Å². The monoisotopic (exact) mass is 291 g/mol. The summed E-state index contributed by atoms with van der Waals surface area (Å²) in [5.74, 6) is 0.471. The van der Waals surface area contributed by atoms with Gasteiger partial charge in [0.2, 0.25) is 0 Å². The largest absolute Gasteiger partial charge is 0.359 e. The van der Waals surface area contributed by atoms with E-state index in [1.807, 2.05) is 18.2 Å². The lowest BCUT2D eigenvalue weighted by molar-refractivity contribution is -0.115. The zero-order valence-electron chi connectivity index (χ0n) is 13.1. The Labute approximate surface area is 131 Å². The van der Waals surface area contributed by atoms with Gasteiger partial charge in [-0.05, 0) is 55.0 Å². The third-order valence-corrected chi connectivity index (χ3v) is 4.33. The van der Waals surface area contributed by atoms with Gasteiger partial charge >= 0.3 is 0 Å². The lowest BCUT2D eigenvalue weighted by Crippen LogP contribution is -2.16. The van der Waals surface area contributed by atoms with E-state index in [0.717, 1.165) is 17.8 Å². The first-order valence-electron chi connectivity index (χ1n) is 7.74. The molecular formula is C20H21NO. The van der Waals surface area contributed by atoms with Gasteiger partial charge in [0.25, 0.3) is 0 Å². The Bertz CT molecular complexity index is 716. The van der Waals surface area contributed by atoms with Gasteiger partial charge in [-0.15, -0.1) is 0 Å². The summed E-state index contributed by atoms with van der Waals surface area (Å²) in [5, 5.41) is 3.42. The Morgan fingerprint density at radius 3 is 2.45 bits per heavy atom. The average Bonchev–Trinajstić information content (AvgIpc) is 2.51. The highest BCUT2D eigenvalue weighted by molar-refractivity contribution is 5.92. The number of carbonyl (C=O) groups excluding carboxylic acids is 1. The highest BCUT2D eigenvalue weighted by Gasteiger charge is 2.22. The van der Waals surface area contributed by atoms with Crippen LogP contribution in [0, 0.1) is 13.8 Å². The van der Waals surface area contributed by atoms with Crippen molar-refractivity contribution in [2.75, 3.05) is 5.32 Å². The second-order valence-electron chi connectivity index (χ2n) is 6.08. The second-order valence-corrected chi connectivity index (χ2v) is 6.08. The van der Waals surface area contributed by atoms with Crippen molar-refractivity contribution >= 4 is 11.5 Å². The van der Waals surface area contributed by atoms with Crippen LogP contribution in [0.4, 0.5) is 5.69 Å². The fourth-order valence-electron chi connectivity index (χ4n) is 2.95. The smallest absolute Gasteiger partial charge is 0.158 e. The van der Waals surface area contributed by atoms with Crippen LogP contribution in [0.3, 0.4) is 0 Å². The summed E-state index contributed by atoms with van der Waals surface area (Å²) in [4.78, 5) is 12.1. The molecule has 1 aliphatic carbocycles. The van der Waals surface area contributed by atoms with Crippen LogP contribution in [-0.4, -0.2) is 5.78 Å². The molecule has 0 aromatic heterocycles. The molecule has 2 aromatic rings. The minimum atomic E-state index is 0.200. The summed E-state index contributed by atoms with van der Waals surface area (Å²) in [6, 6.07) is 16.6. The van der Waals surface area contributed by atoms with Gasteiger partial charge in [-0.3, -0.25) is 4.79 Å². The number of benzene rings is 2. The van der Waals surface area contributed by atoms with Gasteiger partial charge < -0.3 is 5.32 Å². The molecule has 3 rings (SSSR count). The number of hydrogen-bond donors (Lipinski definition) is 1. The van der Waals surface area contributed by atoms with E-state index >= 15 is 0 Å². The summed E-state index contributed by atoms with van der Waals surface area (Å²) in [7, 11) is 0. The summed E-state index contributed by atoms with van der Waals surface area (Å²) in [5.41, 5.74) is 5.83. The maximum atomic E-state index is 12.1. The van der Waals surface area contributed by atoms with Gasteiger partial charge in [-0.1, -0.05) is 36.4 Å². The standard InChI is InChI=1S/C20H21NO/c1-14-8-9-18(10-15(14)2)21-19-11-17(12-20(22)13-19)16-6-4-3-5-7-16/h3-10,13,17,21H,11-12H2,1-2H3/t17-/m1/s1. The van der Waals surface area contributed by atoms with Crippen LogP contribution in [0.5, 0.6) is 0 Å². The first kappa shape index (κ1) is 14.6. The van der Waals surface area contributed by atoms with Crippen LogP contribution in [0.1, 0.15) is 35.4 Å². The third kappa shape index (κ3) is 3.28. The number of allylic oxidation sites excluding steroid dienone is 2. The highest BCUT2D eigenvalue weighted by atomic mass is 16.1. The van der Waals surface area contributed by atoms with Crippen LogP contribution in [0.15, 0.2) is 60.3 Å². The van der Waals surface area contributed by atoms with Crippen molar-refractivity contribution in [1.29, 1.82) is 0 Å². The average molecular weight is 291 g/mol. The van der Waals surface area contributed by atoms with Crippen LogP contribution in [-0.2, 0) is 4.79 Å². The lowest BCUT2D eigenvalue weighted by atomic mass is 9.85. The Morgan fingerprint density at radius 1 is 0.955 bits per heavy atom. The Kier molecular flexibility index (Phi) is 4.10. The predicted molar refractivity (Wildman–Crippen MR) is 91.0 cm³/mol. The van der Waals surface area contributed by atoms with Crippen molar-refractivity contribution in [2.24, 2.45) is 0 Å². The van der Waals surface area contributed by atoms with Crippen LogP contribution < -0.4 is 5.32 Å². The van der Waals surface area contributed by atoms with E-state index in [0.29, 0.717) is 6.42 Å². The first-order valence-corrected chi connectivity index (χ1v) is 7.74. The molecule has 0 aliphatic heterocycles. The number of hydrogen-bond acceptors (Lipinski definition) is 2. The molecule has 0 radical (unpaired) electrons. The van der Waals surface area contributed by atoms with E-state index in [2.05, 4.69) is 49.5 Å². The predicted octanol–water partition coefficient (Wildman–Crippen LogP) is 4.75. The molecule has 2 heteroatoms. The van der Waals surface area contributed by atoms with Crippen molar-refractivity contribution in [3.8, 4) is 0 Å². The minimum absolute atomic E-state index is 0.200. The normalized spacial score (nSPS) is 18.0. The van der Waals surface area contributed by atoms with Gasteiger partial charge in [-0.25, -0.2) is 0 Å². The number of carbonyl (C=O) groups is 1. The van der Waals surface area contributed by atoms with Crippen molar-refractivity contribution < 1.29 is 4.79 Å². The summed E-state index contributed by atoms with van der Waals surface area (Å²) >= 11 is 0. The van der Waals surface area contributed by atoms with Crippen molar-refractivity contribution in [1.82, 2.24) is 0 Å². The number of nitrogens with one attached hydrogen (secondary N) is 1. The molecule has 0 amide bonds. The van der Waals surface area contributed by atoms with E-state index in [1.54, 1.807) is 6.08 Å². The molecule has 0 fully saturated rings. The van der Waals surface area contributed by atoms with Crippen molar-refractivity contribution in [3.63, 3.8) is 0 Å². The van der Waals surface area contributed by atoms with Crippen LogP contribution in [0.25, 0.3) is 0 Å². The van der Waals surface area contributed by atoms with Gasteiger partial charge in [0, 0.05) is 23.9 Å².